The molecule has 0 aromatic carbocycles. The predicted molar refractivity (Wildman–Crippen MR) is 75.8 cm³/mol. The van der Waals surface area contributed by atoms with E-state index >= 15 is 0 Å². The van der Waals surface area contributed by atoms with Crippen LogP contribution in [0.3, 0.4) is 0 Å². The molecule has 3 heterocycles. The fourth-order valence-electron chi connectivity index (χ4n) is 1.98. The second-order valence-corrected chi connectivity index (χ2v) is 4.32. The van der Waals surface area contributed by atoms with Gasteiger partial charge in [0.05, 0.1) is 23.8 Å². The molecule has 0 amide bonds. The number of fused-ring (bicyclic) bond motifs is 1. The van der Waals surface area contributed by atoms with E-state index in [9.17, 15) is 0 Å². The highest BCUT2D eigenvalue weighted by Gasteiger charge is 2.13. The van der Waals surface area contributed by atoms with Gasteiger partial charge in [-0.2, -0.15) is 15.1 Å². The maximum atomic E-state index is 5.39. The first-order chi connectivity index (χ1) is 9.78. The summed E-state index contributed by atoms with van der Waals surface area (Å²) in [4.78, 5) is 14.9. The van der Waals surface area contributed by atoms with Gasteiger partial charge in [0.2, 0.25) is 5.95 Å². The number of anilines is 2. The third kappa shape index (κ3) is 2.24. The van der Waals surface area contributed by atoms with Crippen LogP contribution in [0.4, 0.5) is 11.8 Å². The number of nitrogen functional groups attached to an aromatic ring is 1. The molecule has 0 aliphatic heterocycles. The molecular weight excluding hydrogens is 256 g/mol. The van der Waals surface area contributed by atoms with Crippen LogP contribution >= 0.6 is 0 Å². The zero-order valence-electron chi connectivity index (χ0n) is 10.9. The fraction of sp³-hybridized carbons (Fsp3) is 0.167. The molecule has 0 saturated carbocycles. The van der Waals surface area contributed by atoms with Gasteiger partial charge < -0.3 is 4.90 Å². The van der Waals surface area contributed by atoms with Crippen molar-refractivity contribution in [2.45, 2.75) is 6.54 Å². The molecule has 0 saturated heterocycles. The van der Waals surface area contributed by atoms with Crippen LogP contribution in [-0.4, -0.2) is 32.2 Å². The van der Waals surface area contributed by atoms with Gasteiger partial charge in [0.25, 0.3) is 0 Å². The Balaban J connectivity index is 1.98. The van der Waals surface area contributed by atoms with Gasteiger partial charge in [-0.05, 0) is 12.1 Å². The average Bonchev–Trinajstić information content (AvgIpc) is 2.95. The van der Waals surface area contributed by atoms with Crippen LogP contribution in [0.1, 0.15) is 5.69 Å². The summed E-state index contributed by atoms with van der Waals surface area (Å²) in [5.74, 6) is 6.47. The van der Waals surface area contributed by atoms with E-state index in [0.717, 1.165) is 16.9 Å². The molecule has 0 atom stereocenters. The van der Waals surface area contributed by atoms with Crippen molar-refractivity contribution in [3.8, 4) is 0 Å². The minimum Gasteiger partial charge on any atom is -0.353 e. The predicted octanol–water partition coefficient (Wildman–Crippen LogP) is 0.670. The lowest BCUT2D eigenvalue weighted by atomic mass is 10.3. The molecule has 0 radical (unpaired) electrons. The number of hydrazine groups is 1. The largest absolute Gasteiger partial charge is 0.353 e. The third-order valence-corrected chi connectivity index (χ3v) is 2.91. The Hall–Kier alpha value is -2.74. The molecule has 4 N–H and O–H groups in total. The lowest BCUT2D eigenvalue weighted by Gasteiger charge is -2.18. The Morgan fingerprint density at radius 3 is 3.00 bits per heavy atom. The van der Waals surface area contributed by atoms with E-state index in [2.05, 4.69) is 30.6 Å². The maximum absolute atomic E-state index is 5.39. The van der Waals surface area contributed by atoms with Gasteiger partial charge in [0, 0.05) is 13.2 Å². The van der Waals surface area contributed by atoms with Gasteiger partial charge >= 0.3 is 0 Å². The number of hydrogen-bond donors (Lipinski definition) is 3. The summed E-state index contributed by atoms with van der Waals surface area (Å²) >= 11 is 0. The maximum Gasteiger partial charge on any atom is 0.241 e. The lowest BCUT2D eigenvalue weighted by Crippen LogP contribution is -2.20. The molecule has 0 aliphatic rings. The second kappa shape index (κ2) is 5.10. The van der Waals surface area contributed by atoms with Crippen LogP contribution in [-0.2, 0) is 6.54 Å². The first-order valence-electron chi connectivity index (χ1n) is 6.06. The van der Waals surface area contributed by atoms with Crippen LogP contribution in [0.5, 0.6) is 0 Å². The highest BCUT2D eigenvalue weighted by molar-refractivity contribution is 5.87. The first-order valence-corrected chi connectivity index (χ1v) is 6.06. The summed E-state index contributed by atoms with van der Waals surface area (Å²) in [6.07, 6.45) is 3.46. The van der Waals surface area contributed by atoms with E-state index in [1.165, 1.54) is 0 Å². The van der Waals surface area contributed by atoms with Crippen LogP contribution in [0.25, 0.3) is 11.0 Å². The van der Waals surface area contributed by atoms with Crippen molar-refractivity contribution >= 4 is 22.8 Å². The summed E-state index contributed by atoms with van der Waals surface area (Å²) in [7, 11) is 1.93. The van der Waals surface area contributed by atoms with E-state index < -0.39 is 0 Å². The zero-order chi connectivity index (χ0) is 13.9. The van der Waals surface area contributed by atoms with Crippen LogP contribution in [0.15, 0.2) is 30.6 Å². The van der Waals surface area contributed by atoms with Gasteiger partial charge in [-0.3, -0.25) is 15.5 Å². The summed E-state index contributed by atoms with van der Waals surface area (Å²) in [5.41, 5.74) is 4.04. The van der Waals surface area contributed by atoms with Gasteiger partial charge in [-0.1, -0.05) is 6.07 Å². The Bertz CT molecular complexity index is 708. The summed E-state index contributed by atoms with van der Waals surface area (Å²) < 4.78 is 0. The molecule has 3 aromatic rings. The number of nitrogens with zero attached hydrogens (tertiary/aromatic N) is 5. The van der Waals surface area contributed by atoms with E-state index in [1.54, 1.807) is 12.4 Å². The fourth-order valence-corrected chi connectivity index (χ4v) is 1.98. The van der Waals surface area contributed by atoms with Gasteiger partial charge in [0.15, 0.2) is 5.65 Å². The molecular formula is C12H14N8. The van der Waals surface area contributed by atoms with Crippen molar-refractivity contribution < 1.29 is 0 Å². The van der Waals surface area contributed by atoms with Crippen molar-refractivity contribution in [3.63, 3.8) is 0 Å². The van der Waals surface area contributed by atoms with Gasteiger partial charge in [0.1, 0.15) is 5.82 Å². The number of rotatable bonds is 4. The van der Waals surface area contributed by atoms with Crippen molar-refractivity contribution in [2.24, 2.45) is 5.84 Å². The van der Waals surface area contributed by atoms with E-state index in [0.29, 0.717) is 18.1 Å². The SMILES string of the molecule is CN(Cc1ccccn1)c1nc(NN)nc2[nH]ncc12. The Morgan fingerprint density at radius 2 is 2.25 bits per heavy atom. The topological polar surface area (TPSA) is 109 Å². The van der Waals surface area contributed by atoms with Crippen molar-refractivity contribution in [1.82, 2.24) is 25.1 Å². The highest BCUT2D eigenvalue weighted by Crippen LogP contribution is 2.23. The molecule has 0 aliphatic carbocycles. The molecule has 20 heavy (non-hydrogen) atoms. The van der Waals surface area contributed by atoms with Gasteiger partial charge in [-0.15, -0.1) is 0 Å². The molecule has 8 heteroatoms. The normalized spacial score (nSPS) is 10.7. The van der Waals surface area contributed by atoms with Crippen LogP contribution < -0.4 is 16.2 Å². The standard InChI is InChI=1S/C12H14N8/c1-20(7-8-4-2-3-5-14-8)11-9-6-15-19-10(9)16-12(17-11)18-13/h2-6H,7,13H2,1H3,(H2,15,16,17,18,19). The Labute approximate surface area is 115 Å². The Kier molecular flexibility index (Phi) is 3.13. The quantitative estimate of drug-likeness (QED) is 0.472. The number of nitrogens with one attached hydrogen (secondary N) is 2. The monoisotopic (exact) mass is 270 g/mol. The summed E-state index contributed by atoms with van der Waals surface area (Å²) in [5, 5.41) is 7.64. The smallest absolute Gasteiger partial charge is 0.241 e. The first kappa shape index (κ1) is 12.3. The second-order valence-electron chi connectivity index (χ2n) is 4.32. The molecule has 8 nitrogen and oxygen atoms in total. The minimum atomic E-state index is 0.338. The van der Waals surface area contributed by atoms with Crippen LogP contribution in [0, 0.1) is 0 Å². The summed E-state index contributed by atoms with van der Waals surface area (Å²) in [6, 6.07) is 5.81. The highest BCUT2D eigenvalue weighted by atomic mass is 15.3. The molecule has 0 spiro atoms. The van der Waals surface area contributed by atoms with Crippen molar-refractivity contribution in [1.29, 1.82) is 0 Å². The number of pyridine rings is 1. The zero-order valence-corrected chi connectivity index (χ0v) is 10.9. The molecule has 3 aromatic heterocycles. The molecule has 3 rings (SSSR count). The number of H-pyrrole nitrogens is 1. The third-order valence-electron chi connectivity index (χ3n) is 2.91. The number of hydrogen-bond acceptors (Lipinski definition) is 7. The van der Waals surface area contributed by atoms with Gasteiger partial charge in [-0.25, -0.2) is 5.84 Å². The van der Waals surface area contributed by atoms with E-state index in [-0.39, 0.29) is 0 Å². The Morgan fingerprint density at radius 1 is 1.35 bits per heavy atom. The molecule has 0 fully saturated rings. The van der Waals surface area contributed by atoms with Crippen molar-refractivity contribution in [2.75, 3.05) is 17.4 Å². The minimum absolute atomic E-state index is 0.338. The van der Waals surface area contributed by atoms with Crippen LogP contribution in [0.2, 0.25) is 0 Å². The number of aromatic nitrogens is 5. The molecule has 0 bridgehead atoms. The lowest BCUT2D eigenvalue weighted by molar-refractivity contribution is 0.868. The number of aromatic amines is 1. The van der Waals surface area contributed by atoms with Crippen molar-refractivity contribution in [3.05, 3.63) is 36.3 Å². The molecule has 102 valence electrons. The average molecular weight is 270 g/mol. The number of nitrogens with two attached hydrogens (primary N) is 1. The van der Waals surface area contributed by atoms with E-state index in [4.69, 9.17) is 5.84 Å². The molecule has 0 unspecified atom stereocenters. The summed E-state index contributed by atoms with van der Waals surface area (Å²) in [6.45, 7) is 0.627. The van der Waals surface area contributed by atoms with E-state index in [1.807, 2.05) is 30.1 Å².